The minimum Gasteiger partial charge on any atom is -0.398 e. The van der Waals surface area contributed by atoms with E-state index in [2.05, 4.69) is 9.99 Å². The fourth-order valence-corrected chi connectivity index (χ4v) is 0.633. The molecule has 0 unspecified atom stereocenters. The van der Waals surface area contributed by atoms with Crippen molar-refractivity contribution in [1.82, 2.24) is 10.6 Å². The van der Waals surface area contributed by atoms with E-state index < -0.39 is 23.6 Å². The van der Waals surface area contributed by atoms with Gasteiger partial charge in [-0.05, 0) is 0 Å². The van der Waals surface area contributed by atoms with Crippen LogP contribution >= 0.6 is 0 Å². The summed E-state index contributed by atoms with van der Waals surface area (Å²) in [6, 6.07) is -0.861. The molecule has 0 bridgehead atoms. The lowest BCUT2D eigenvalue weighted by Gasteiger charge is -2.11. The Balaban J connectivity index is 2.88. The number of nitrogens with one attached hydrogen (secondary N) is 2. The van der Waals surface area contributed by atoms with E-state index in [1.165, 1.54) is 7.11 Å². The van der Waals surface area contributed by atoms with Crippen molar-refractivity contribution in [2.45, 2.75) is 0 Å². The van der Waals surface area contributed by atoms with Crippen molar-refractivity contribution in [3.05, 3.63) is 0 Å². The van der Waals surface area contributed by atoms with Crippen LogP contribution < -0.4 is 10.6 Å². The van der Waals surface area contributed by atoms with Gasteiger partial charge >= 0.3 is 6.03 Å². The zero-order chi connectivity index (χ0) is 9.14. The van der Waals surface area contributed by atoms with Crippen LogP contribution in [0.5, 0.6) is 0 Å². The van der Waals surface area contributed by atoms with E-state index in [4.69, 9.17) is 0 Å². The summed E-state index contributed by atoms with van der Waals surface area (Å²) in [5.41, 5.74) is -0.475. The quantitative estimate of drug-likeness (QED) is 0.462. The number of urea groups is 1. The summed E-state index contributed by atoms with van der Waals surface area (Å²) in [4.78, 5) is 36.3. The first-order valence-electron chi connectivity index (χ1n) is 2.93. The van der Waals surface area contributed by atoms with Gasteiger partial charge < -0.3 is 4.84 Å². The first-order chi connectivity index (χ1) is 5.65. The maximum atomic E-state index is 10.8. The Hall–Kier alpha value is -1.92. The fraction of sp³-hybridized carbons (Fsp3) is 0.200. The lowest BCUT2D eigenvalue weighted by atomic mass is 10.3. The highest BCUT2D eigenvalue weighted by molar-refractivity contribution is 6.68. The van der Waals surface area contributed by atoms with Crippen molar-refractivity contribution in [2.24, 2.45) is 5.16 Å². The molecule has 0 aliphatic carbocycles. The average Bonchev–Trinajstić information content (AvgIpc) is 1.96. The molecule has 0 radical (unpaired) electrons. The van der Waals surface area contributed by atoms with E-state index in [-0.39, 0.29) is 0 Å². The average molecular weight is 171 g/mol. The van der Waals surface area contributed by atoms with Crippen LogP contribution in [-0.4, -0.2) is 30.7 Å². The highest BCUT2D eigenvalue weighted by Crippen LogP contribution is 1.88. The van der Waals surface area contributed by atoms with Crippen molar-refractivity contribution >= 4 is 23.6 Å². The Bertz CT molecular complexity index is 260. The first kappa shape index (κ1) is 8.18. The Kier molecular flexibility index (Phi) is 2.04. The highest BCUT2D eigenvalue weighted by Gasteiger charge is 2.30. The Morgan fingerprint density at radius 1 is 1.17 bits per heavy atom. The van der Waals surface area contributed by atoms with E-state index in [9.17, 15) is 14.4 Å². The molecule has 7 nitrogen and oxygen atoms in total. The second-order valence-corrected chi connectivity index (χ2v) is 1.86. The molecule has 2 N–H and O–H groups in total. The van der Waals surface area contributed by atoms with Crippen molar-refractivity contribution in [3.8, 4) is 0 Å². The normalized spacial score (nSPS) is 16.8. The number of oxime groups is 1. The van der Waals surface area contributed by atoms with Crippen LogP contribution in [0.3, 0.4) is 0 Å². The third kappa shape index (κ3) is 1.39. The SMILES string of the molecule is CON=C1C(=O)NC(=O)NC1=O. The Labute approximate surface area is 66.7 Å². The van der Waals surface area contributed by atoms with E-state index in [1.54, 1.807) is 0 Å². The molecule has 1 aliphatic heterocycles. The number of hydrogen-bond donors (Lipinski definition) is 2. The van der Waals surface area contributed by atoms with Crippen LogP contribution in [0.25, 0.3) is 0 Å². The predicted molar refractivity (Wildman–Crippen MR) is 36.1 cm³/mol. The molecular formula is C5H5N3O4. The van der Waals surface area contributed by atoms with Crippen molar-refractivity contribution in [3.63, 3.8) is 0 Å². The maximum Gasteiger partial charge on any atom is 0.328 e. The maximum absolute atomic E-state index is 10.8. The van der Waals surface area contributed by atoms with Crippen LogP contribution in [0.15, 0.2) is 5.16 Å². The third-order valence-corrected chi connectivity index (χ3v) is 1.07. The number of imide groups is 2. The van der Waals surface area contributed by atoms with Gasteiger partial charge in [-0.3, -0.25) is 20.2 Å². The molecule has 7 heteroatoms. The van der Waals surface area contributed by atoms with Gasteiger partial charge in [-0.15, -0.1) is 0 Å². The number of rotatable bonds is 1. The first-order valence-corrected chi connectivity index (χ1v) is 2.93. The van der Waals surface area contributed by atoms with Gasteiger partial charge in [0.25, 0.3) is 11.8 Å². The lowest BCUT2D eigenvalue weighted by Crippen LogP contribution is -2.56. The van der Waals surface area contributed by atoms with Gasteiger partial charge in [0.1, 0.15) is 7.11 Å². The van der Waals surface area contributed by atoms with E-state index in [0.717, 1.165) is 0 Å². The molecule has 0 saturated carbocycles. The zero-order valence-electron chi connectivity index (χ0n) is 6.08. The van der Waals surface area contributed by atoms with Crippen molar-refractivity contribution < 1.29 is 19.2 Å². The largest absolute Gasteiger partial charge is 0.398 e. The minimum absolute atomic E-state index is 0.475. The van der Waals surface area contributed by atoms with Gasteiger partial charge in [0.05, 0.1) is 0 Å². The molecule has 64 valence electrons. The van der Waals surface area contributed by atoms with Crippen LogP contribution in [0.4, 0.5) is 4.79 Å². The van der Waals surface area contributed by atoms with Crippen LogP contribution in [0, 0.1) is 0 Å². The van der Waals surface area contributed by atoms with Gasteiger partial charge in [0, 0.05) is 0 Å². The van der Waals surface area contributed by atoms with Crippen LogP contribution in [0.2, 0.25) is 0 Å². The number of carbonyl (C=O) groups is 3. The summed E-state index contributed by atoms with van der Waals surface area (Å²) in [6.07, 6.45) is 0. The number of carbonyl (C=O) groups excluding carboxylic acids is 3. The van der Waals surface area contributed by atoms with E-state index >= 15 is 0 Å². The molecule has 12 heavy (non-hydrogen) atoms. The smallest absolute Gasteiger partial charge is 0.328 e. The number of barbiturate groups is 1. The van der Waals surface area contributed by atoms with E-state index in [0.29, 0.717) is 0 Å². The van der Waals surface area contributed by atoms with Gasteiger partial charge in [-0.2, -0.15) is 0 Å². The second kappa shape index (κ2) is 2.99. The Morgan fingerprint density at radius 3 is 2.08 bits per heavy atom. The molecule has 0 aromatic heterocycles. The minimum atomic E-state index is -0.870. The third-order valence-electron chi connectivity index (χ3n) is 1.07. The summed E-state index contributed by atoms with van der Waals surface area (Å²) in [6.45, 7) is 0. The topological polar surface area (TPSA) is 96.9 Å². The van der Waals surface area contributed by atoms with Gasteiger partial charge in [0.15, 0.2) is 0 Å². The molecule has 1 rings (SSSR count). The summed E-state index contributed by atoms with van der Waals surface area (Å²) in [7, 11) is 1.18. The fourth-order valence-electron chi connectivity index (χ4n) is 0.633. The van der Waals surface area contributed by atoms with E-state index in [1.807, 2.05) is 10.6 Å². The molecule has 0 spiro atoms. The molecule has 1 saturated heterocycles. The summed E-state index contributed by atoms with van der Waals surface area (Å²) >= 11 is 0. The van der Waals surface area contributed by atoms with Crippen LogP contribution in [-0.2, 0) is 14.4 Å². The summed E-state index contributed by atoms with van der Waals surface area (Å²) in [5.74, 6) is -1.74. The molecule has 1 heterocycles. The van der Waals surface area contributed by atoms with Gasteiger partial charge in [0.2, 0.25) is 5.71 Å². The number of hydrogen-bond acceptors (Lipinski definition) is 5. The van der Waals surface area contributed by atoms with Gasteiger partial charge in [-0.25, -0.2) is 4.79 Å². The molecule has 4 amide bonds. The highest BCUT2D eigenvalue weighted by atomic mass is 16.6. The molecule has 1 fully saturated rings. The molecule has 0 atom stereocenters. The van der Waals surface area contributed by atoms with Crippen molar-refractivity contribution in [1.29, 1.82) is 0 Å². The van der Waals surface area contributed by atoms with Crippen LogP contribution in [0.1, 0.15) is 0 Å². The molecule has 0 aromatic carbocycles. The van der Waals surface area contributed by atoms with Gasteiger partial charge in [-0.1, -0.05) is 5.16 Å². The standard InChI is InChI=1S/C5H5N3O4/c1-12-8-2-3(9)6-5(11)7-4(2)10/h1H3,(H2,6,7,9,10,11). The zero-order valence-corrected chi connectivity index (χ0v) is 6.08. The number of amides is 4. The molecule has 1 aliphatic rings. The predicted octanol–water partition coefficient (Wildman–Crippen LogP) is -1.65. The number of nitrogens with zero attached hydrogens (tertiary/aromatic N) is 1. The molecule has 0 aromatic rings. The van der Waals surface area contributed by atoms with Crippen molar-refractivity contribution in [2.75, 3.05) is 7.11 Å². The molecular weight excluding hydrogens is 166 g/mol. The summed E-state index contributed by atoms with van der Waals surface area (Å²) in [5, 5.41) is 6.77. The summed E-state index contributed by atoms with van der Waals surface area (Å²) < 4.78 is 0. The monoisotopic (exact) mass is 171 g/mol. The lowest BCUT2D eigenvalue weighted by molar-refractivity contribution is -0.119. The second-order valence-electron chi connectivity index (χ2n) is 1.86. The Morgan fingerprint density at radius 2 is 1.67 bits per heavy atom.